The van der Waals surface area contributed by atoms with Gasteiger partial charge in [0.15, 0.2) is 0 Å². The number of alkyl halides is 2. The van der Waals surface area contributed by atoms with Crippen molar-refractivity contribution in [1.82, 2.24) is 4.90 Å². The maximum atomic E-state index is 11.9. The third-order valence-corrected chi connectivity index (χ3v) is 2.46. The average Bonchev–Trinajstić information content (AvgIpc) is 2.02. The Balaban J connectivity index is 2.29. The van der Waals surface area contributed by atoms with Crippen molar-refractivity contribution in [2.75, 3.05) is 13.1 Å². The van der Waals surface area contributed by atoms with Gasteiger partial charge in [0, 0.05) is 38.4 Å². The molecule has 0 amide bonds. The summed E-state index contributed by atoms with van der Waals surface area (Å²) >= 11 is 0. The van der Waals surface area contributed by atoms with E-state index in [4.69, 9.17) is 0 Å². The molecule has 1 aliphatic heterocycles. The minimum absolute atomic E-state index is 0.0848. The van der Waals surface area contributed by atoms with E-state index in [1.165, 1.54) is 0 Å². The molecule has 0 aromatic heterocycles. The molecule has 1 heterocycles. The summed E-state index contributed by atoms with van der Waals surface area (Å²) < 4.78 is 23.8. The quantitative estimate of drug-likeness (QED) is 0.676. The Morgan fingerprint density at radius 3 is 2.85 bits per heavy atom. The van der Waals surface area contributed by atoms with E-state index < -0.39 is 6.43 Å². The van der Waals surface area contributed by atoms with Gasteiger partial charge in [-0.2, -0.15) is 0 Å². The molecule has 1 saturated heterocycles. The number of likely N-dealkylation sites (tertiary alicyclic amines) is 1. The second kappa shape index (κ2) is 4.65. The zero-order chi connectivity index (χ0) is 9.84. The van der Waals surface area contributed by atoms with Crippen LogP contribution in [-0.4, -0.2) is 36.2 Å². The van der Waals surface area contributed by atoms with Crippen molar-refractivity contribution in [2.24, 2.45) is 0 Å². The van der Waals surface area contributed by atoms with Crippen LogP contribution in [0.2, 0.25) is 0 Å². The van der Waals surface area contributed by atoms with Gasteiger partial charge in [0.25, 0.3) is 0 Å². The molecular formula is C9H15F2NO. The number of halogens is 2. The van der Waals surface area contributed by atoms with E-state index in [0.29, 0.717) is 25.9 Å². The SMILES string of the molecule is CC1CC(=O)CCN1CCC(F)F. The molecule has 1 atom stereocenters. The van der Waals surface area contributed by atoms with Crippen LogP contribution in [0.4, 0.5) is 8.78 Å². The number of rotatable bonds is 3. The molecule has 0 aliphatic carbocycles. The fourth-order valence-corrected chi connectivity index (χ4v) is 1.64. The third-order valence-electron chi connectivity index (χ3n) is 2.46. The van der Waals surface area contributed by atoms with E-state index in [1.54, 1.807) is 0 Å². The molecule has 0 saturated carbocycles. The van der Waals surface area contributed by atoms with Crippen molar-refractivity contribution >= 4 is 5.78 Å². The van der Waals surface area contributed by atoms with Gasteiger partial charge in [0.05, 0.1) is 0 Å². The molecular weight excluding hydrogens is 176 g/mol. The van der Waals surface area contributed by atoms with Crippen LogP contribution in [0, 0.1) is 0 Å². The van der Waals surface area contributed by atoms with Crippen molar-refractivity contribution in [2.45, 2.75) is 38.7 Å². The standard InChI is InChI=1S/C9H15F2NO/c1-7-6-8(13)2-4-12(7)5-3-9(10)11/h7,9H,2-6H2,1H3. The van der Waals surface area contributed by atoms with Gasteiger partial charge in [0.2, 0.25) is 6.43 Å². The summed E-state index contributed by atoms with van der Waals surface area (Å²) in [6, 6.07) is 0.139. The van der Waals surface area contributed by atoms with E-state index >= 15 is 0 Å². The number of piperidine rings is 1. The normalized spacial score (nSPS) is 25.5. The molecule has 13 heavy (non-hydrogen) atoms. The van der Waals surface area contributed by atoms with Gasteiger partial charge < -0.3 is 0 Å². The number of ketones is 1. The topological polar surface area (TPSA) is 20.3 Å². The number of carbonyl (C=O) groups is 1. The second-order valence-electron chi connectivity index (χ2n) is 3.56. The fourth-order valence-electron chi connectivity index (χ4n) is 1.64. The summed E-state index contributed by atoms with van der Waals surface area (Å²) in [6.45, 7) is 2.97. The fraction of sp³-hybridized carbons (Fsp3) is 0.889. The van der Waals surface area contributed by atoms with E-state index in [2.05, 4.69) is 0 Å². The Hall–Kier alpha value is -0.510. The van der Waals surface area contributed by atoms with Crippen molar-refractivity contribution in [3.8, 4) is 0 Å². The highest BCUT2D eigenvalue weighted by atomic mass is 19.3. The average molecular weight is 191 g/mol. The Kier molecular flexibility index (Phi) is 3.78. The first-order valence-corrected chi connectivity index (χ1v) is 4.63. The lowest BCUT2D eigenvalue weighted by Gasteiger charge is -2.32. The van der Waals surface area contributed by atoms with Crippen LogP contribution in [0.3, 0.4) is 0 Å². The summed E-state index contributed by atoms with van der Waals surface area (Å²) in [7, 11) is 0. The van der Waals surface area contributed by atoms with Gasteiger partial charge in [0.1, 0.15) is 5.78 Å². The van der Waals surface area contributed by atoms with Crippen molar-refractivity contribution in [1.29, 1.82) is 0 Å². The van der Waals surface area contributed by atoms with Gasteiger partial charge in [-0.3, -0.25) is 9.69 Å². The van der Waals surface area contributed by atoms with Crippen molar-refractivity contribution in [3.05, 3.63) is 0 Å². The smallest absolute Gasteiger partial charge is 0.239 e. The molecule has 0 radical (unpaired) electrons. The summed E-state index contributed by atoms with van der Waals surface area (Å²) in [5.41, 5.74) is 0. The number of Topliss-reactive ketones (excluding diaryl/α,β-unsaturated/α-hetero) is 1. The highest BCUT2D eigenvalue weighted by Crippen LogP contribution is 2.15. The van der Waals surface area contributed by atoms with Crippen molar-refractivity contribution < 1.29 is 13.6 Å². The lowest BCUT2D eigenvalue weighted by atomic mass is 10.0. The van der Waals surface area contributed by atoms with Crippen LogP contribution in [0.25, 0.3) is 0 Å². The summed E-state index contributed by atoms with van der Waals surface area (Å²) in [5.74, 6) is 0.251. The molecule has 0 aromatic rings. The molecule has 76 valence electrons. The first kappa shape index (κ1) is 10.6. The van der Waals surface area contributed by atoms with Gasteiger partial charge in [-0.1, -0.05) is 0 Å². The first-order valence-electron chi connectivity index (χ1n) is 4.63. The first-order chi connectivity index (χ1) is 6.09. The summed E-state index contributed by atoms with van der Waals surface area (Å²) in [5, 5.41) is 0. The van der Waals surface area contributed by atoms with E-state index in [-0.39, 0.29) is 18.2 Å². The number of nitrogens with zero attached hydrogens (tertiary/aromatic N) is 1. The Morgan fingerprint density at radius 1 is 1.62 bits per heavy atom. The van der Waals surface area contributed by atoms with Crippen LogP contribution >= 0.6 is 0 Å². The Morgan fingerprint density at radius 2 is 2.31 bits per heavy atom. The largest absolute Gasteiger partial charge is 0.300 e. The Labute approximate surface area is 76.9 Å². The minimum Gasteiger partial charge on any atom is -0.300 e. The van der Waals surface area contributed by atoms with Gasteiger partial charge in [-0.15, -0.1) is 0 Å². The molecule has 2 nitrogen and oxygen atoms in total. The molecule has 1 aliphatic rings. The minimum atomic E-state index is -2.23. The predicted molar refractivity (Wildman–Crippen MR) is 45.9 cm³/mol. The van der Waals surface area contributed by atoms with E-state index in [1.807, 2.05) is 11.8 Å². The van der Waals surface area contributed by atoms with Crippen molar-refractivity contribution in [3.63, 3.8) is 0 Å². The molecule has 1 fully saturated rings. The number of hydrogen-bond donors (Lipinski definition) is 0. The van der Waals surface area contributed by atoms with Gasteiger partial charge >= 0.3 is 0 Å². The van der Waals surface area contributed by atoms with Crippen LogP contribution in [0.15, 0.2) is 0 Å². The maximum Gasteiger partial charge on any atom is 0.239 e. The molecule has 0 spiro atoms. The lowest BCUT2D eigenvalue weighted by molar-refractivity contribution is -0.123. The highest BCUT2D eigenvalue weighted by molar-refractivity contribution is 5.79. The second-order valence-corrected chi connectivity index (χ2v) is 3.56. The van der Waals surface area contributed by atoms with Crippen LogP contribution in [0.5, 0.6) is 0 Å². The molecule has 0 bridgehead atoms. The van der Waals surface area contributed by atoms with Crippen LogP contribution in [-0.2, 0) is 4.79 Å². The predicted octanol–water partition coefficient (Wildman–Crippen LogP) is 1.70. The van der Waals surface area contributed by atoms with Crippen LogP contribution in [0.1, 0.15) is 26.2 Å². The summed E-state index contributed by atoms with van der Waals surface area (Å²) in [6.07, 6.45) is -1.28. The monoisotopic (exact) mass is 191 g/mol. The molecule has 4 heteroatoms. The Bertz CT molecular complexity index is 184. The third kappa shape index (κ3) is 3.38. The van der Waals surface area contributed by atoms with E-state index in [9.17, 15) is 13.6 Å². The molecule has 1 unspecified atom stereocenters. The number of carbonyl (C=O) groups excluding carboxylic acids is 1. The number of hydrogen-bond acceptors (Lipinski definition) is 2. The van der Waals surface area contributed by atoms with Crippen LogP contribution < -0.4 is 0 Å². The highest BCUT2D eigenvalue weighted by Gasteiger charge is 2.23. The van der Waals surface area contributed by atoms with Gasteiger partial charge in [-0.25, -0.2) is 8.78 Å². The van der Waals surface area contributed by atoms with Gasteiger partial charge in [-0.05, 0) is 6.92 Å². The summed E-state index contributed by atoms with van der Waals surface area (Å²) in [4.78, 5) is 12.9. The zero-order valence-corrected chi connectivity index (χ0v) is 7.80. The lowest BCUT2D eigenvalue weighted by Crippen LogP contribution is -2.41. The molecule has 0 aromatic carbocycles. The maximum absolute atomic E-state index is 11.9. The molecule has 1 rings (SSSR count). The molecule has 0 N–H and O–H groups in total. The zero-order valence-electron chi connectivity index (χ0n) is 7.80. The van der Waals surface area contributed by atoms with E-state index in [0.717, 1.165) is 0 Å².